The van der Waals surface area contributed by atoms with Crippen molar-refractivity contribution < 1.29 is 0 Å². The fraction of sp³-hybridized carbons (Fsp3) is 0.148. The van der Waals surface area contributed by atoms with Gasteiger partial charge in [0.25, 0.3) is 5.56 Å². The van der Waals surface area contributed by atoms with Gasteiger partial charge in [0.1, 0.15) is 0 Å². The molecule has 3 aromatic carbocycles. The summed E-state index contributed by atoms with van der Waals surface area (Å²) in [5, 5.41) is 14.6. The van der Waals surface area contributed by atoms with Crippen molar-refractivity contribution in [1.29, 1.82) is 0 Å². The number of benzene rings is 3. The Morgan fingerprint density at radius 2 is 1.57 bits per heavy atom. The van der Waals surface area contributed by atoms with Crippen molar-refractivity contribution in [3.05, 3.63) is 117 Å². The number of aromatic amines is 1. The smallest absolute Gasteiger partial charge is 0.293 e. The lowest BCUT2D eigenvalue weighted by Crippen LogP contribution is -2.40. The Bertz CT molecular complexity index is 1560. The molecule has 0 unspecified atom stereocenters. The van der Waals surface area contributed by atoms with Crippen molar-refractivity contribution in [3.63, 3.8) is 0 Å². The number of tetrazole rings is 1. The third-order valence-corrected chi connectivity index (χ3v) is 5.96. The Morgan fingerprint density at radius 3 is 2.26 bits per heavy atom. The van der Waals surface area contributed by atoms with Crippen molar-refractivity contribution >= 4 is 0 Å². The van der Waals surface area contributed by atoms with E-state index in [9.17, 15) is 9.59 Å². The molecule has 8 nitrogen and oxygen atoms in total. The van der Waals surface area contributed by atoms with Gasteiger partial charge in [-0.05, 0) is 40.5 Å². The van der Waals surface area contributed by atoms with Crippen molar-refractivity contribution in [2.75, 3.05) is 0 Å². The van der Waals surface area contributed by atoms with Crippen molar-refractivity contribution in [3.8, 4) is 28.2 Å². The fourth-order valence-electron chi connectivity index (χ4n) is 4.36. The monoisotopic (exact) mass is 464 g/mol. The summed E-state index contributed by atoms with van der Waals surface area (Å²) < 4.78 is 2.90. The molecule has 0 aliphatic rings. The van der Waals surface area contributed by atoms with Crippen LogP contribution in [0.15, 0.2) is 94.5 Å². The molecule has 0 aliphatic heterocycles. The van der Waals surface area contributed by atoms with Gasteiger partial charge in [-0.25, -0.2) is 9.36 Å². The second-order valence-corrected chi connectivity index (χ2v) is 8.20. The maximum Gasteiger partial charge on any atom is 0.336 e. The van der Waals surface area contributed by atoms with Gasteiger partial charge >= 0.3 is 5.69 Å². The first-order valence-corrected chi connectivity index (χ1v) is 11.5. The van der Waals surface area contributed by atoms with Crippen molar-refractivity contribution in [2.45, 2.75) is 26.3 Å². The van der Waals surface area contributed by atoms with E-state index in [2.05, 4.69) is 20.6 Å². The predicted octanol–water partition coefficient (Wildman–Crippen LogP) is 3.85. The summed E-state index contributed by atoms with van der Waals surface area (Å²) in [4.78, 5) is 26.8. The molecule has 0 aliphatic carbocycles. The SMILES string of the molecule is CCCc1cc(=O)n(-c2ccccc2)c(=O)n1Cc1c(-c2ccccc2)cccc1-c1nn[nH]n1. The molecule has 0 saturated heterocycles. The highest BCUT2D eigenvalue weighted by Crippen LogP contribution is 2.31. The highest BCUT2D eigenvalue weighted by Gasteiger charge is 2.19. The molecule has 0 bridgehead atoms. The molecule has 2 heterocycles. The van der Waals surface area contributed by atoms with Crippen LogP contribution in [0.5, 0.6) is 0 Å². The third kappa shape index (κ3) is 4.33. The average Bonchev–Trinajstić information content (AvgIpc) is 3.42. The standard InChI is InChI=1S/C27H24N6O2/c1-2-10-21-17-25(34)33(20-13-7-4-8-14-20)27(35)32(21)18-24-22(19-11-5-3-6-12-19)15-9-16-23(24)26-28-30-31-29-26/h3-9,11-17H,2,10,18H2,1H3,(H,28,29,30,31). The Hall–Kier alpha value is -4.59. The highest BCUT2D eigenvalue weighted by atomic mass is 16.2. The number of H-pyrrole nitrogens is 1. The molecule has 1 N–H and O–H groups in total. The molecule has 0 spiro atoms. The summed E-state index contributed by atoms with van der Waals surface area (Å²) in [6.45, 7) is 2.27. The van der Waals surface area contributed by atoms with Gasteiger partial charge in [0.05, 0.1) is 12.2 Å². The number of aryl methyl sites for hydroxylation is 1. The lowest BCUT2D eigenvalue weighted by Gasteiger charge is -2.19. The van der Waals surface area contributed by atoms with Crippen molar-refractivity contribution in [2.24, 2.45) is 0 Å². The fourth-order valence-corrected chi connectivity index (χ4v) is 4.36. The van der Waals surface area contributed by atoms with Gasteiger partial charge in [0.2, 0.25) is 5.82 Å². The van der Waals surface area contributed by atoms with Crippen LogP contribution < -0.4 is 11.2 Å². The number of nitrogens with zero attached hydrogens (tertiary/aromatic N) is 5. The first-order valence-electron chi connectivity index (χ1n) is 11.5. The molecule has 0 radical (unpaired) electrons. The Morgan fingerprint density at radius 1 is 0.857 bits per heavy atom. The summed E-state index contributed by atoms with van der Waals surface area (Å²) in [6.07, 6.45) is 1.40. The van der Waals surface area contributed by atoms with E-state index in [4.69, 9.17) is 0 Å². The van der Waals surface area contributed by atoms with E-state index in [1.807, 2.05) is 73.7 Å². The molecule has 174 valence electrons. The molecule has 35 heavy (non-hydrogen) atoms. The second kappa shape index (κ2) is 9.72. The minimum Gasteiger partial charge on any atom is -0.293 e. The number of aromatic nitrogens is 6. The topological polar surface area (TPSA) is 98.5 Å². The highest BCUT2D eigenvalue weighted by molar-refractivity contribution is 5.76. The molecule has 0 atom stereocenters. The van der Waals surface area contributed by atoms with E-state index in [1.165, 1.54) is 4.57 Å². The molecule has 8 heteroatoms. The number of nitrogens with one attached hydrogen (secondary N) is 1. The van der Waals surface area contributed by atoms with E-state index in [0.717, 1.165) is 28.7 Å². The molecule has 5 rings (SSSR count). The second-order valence-electron chi connectivity index (χ2n) is 8.20. The Kier molecular flexibility index (Phi) is 6.17. The quantitative estimate of drug-likeness (QED) is 0.395. The van der Waals surface area contributed by atoms with E-state index in [0.29, 0.717) is 23.6 Å². The van der Waals surface area contributed by atoms with Crippen LogP contribution >= 0.6 is 0 Å². The average molecular weight is 465 g/mol. The van der Waals surface area contributed by atoms with Gasteiger partial charge < -0.3 is 0 Å². The van der Waals surface area contributed by atoms with Crippen LogP contribution in [-0.4, -0.2) is 29.8 Å². The van der Waals surface area contributed by atoms with E-state index < -0.39 is 0 Å². The van der Waals surface area contributed by atoms with Crippen LogP contribution in [0.3, 0.4) is 0 Å². The molecular weight excluding hydrogens is 440 g/mol. The van der Waals surface area contributed by atoms with E-state index in [1.54, 1.807) is 22.8 Å². The van der Waals surface area contributed by atoms with Gasteiger partial charge in [-0.3, -0.25) is 9.36 Å². The van der Waals surface area contributed by atoms with Crippen LogP contribution in [0.1, 0.15) is 24.6 Å². The summed E-state index contributed by atoms with van der Waals surface area (Å²) in [6, 6.07) is 26.4. The van der Waals surface area contributed by atoms with Gasteiger partial charge in [-0.15, -0.1) is 10.2 Å². The maximum absolute atomic E-state index is 13.8. The zero-order valence-electron chi connectivity index (χ0n) is 19.3. The normalized spacial score (nSPS) is 11.0. The number of hydrogen-bond acceptors (Lipinski definition) is 5. The minimum atomic E-state index is -0.380. The first-order chi connectivity index (χ1) is 17.2. The zero-order chi connectivity index (χ0) is 24.2. The minimum absolute atomic E-state index is 0.246. The molecule has 0 fully saturated rings. The largest absolute Gasteiger partial charge is 0.336 e. The van der Waals surface area contributed by atoms with E-state index in [-0.39, 0.29) is 17.8 Å². The van der Waals surface area contributed by atoms with Crippen LogP contribution in [-0.2, 0) is 13.0 Å². The van der Waals surface area contributed by atoms with Gasteiger partial charge in [-0.2, -0.15) is 5.21 Å². The van der Waals surface area contributed by atoms with Crippen LogP contribution in [0.2, 0.25) is 0 Å². The molecule has 2 aromatic heterocycles. The summed E-state index contributed by atoms with van der Waals surface area (Å²) in [5.74, 6) is 0.444. The molecule has 0 amide bonds. The zero-order valence-corrected chi connectivity index (χ0v) is 19.3. The Labute approximate surface area is 201 Å². The summed E-state index contributed by atoms with van der Waals surface area (Å²) in [5.41, 5.74) is 4.12. The number of hydrogen-bond donors (Lipinski definition) is 1. The van der Waals surface area contributed by atoms with Crippen molar-refractivity contribution in [1.82, 2.24) is 29.8 Å². The molecule has 5 aromatic rings. The number of rotatable bonds is 7. The van der Waals surface area contributed by atoms with E-state index >= 15 is 0 Å². The Balaban J connectivity index is 1.76. The number of para-hydroxylation sites is 1. The third-order valence-electron chi connectivity index (χ3n) is 5.96. The summed E-state index contributed by atoms with van der Waals surface area (Å²) >= 11 is 0. The first kappa shape index (κ1) is 22.2. The van der Waals surface area contributed by atoms with Gasteiger partial charge in [-0.1, -0.05) is 80.1 Å². The maximum atomic E-state index is 13.8. The lowest BCUT2D eigenvalue weighted by molar-refractivity contribution is 0.632. The predicted molar refractivity (Wildman–Crippen MR) is 134 cm³/mol. The van der Waals surface area contributed by atoms with Gasteiger partial charge in [0.15, 0.2) is 0 Å². The lowest BCUT2D eigenvalue weighted by atomic mass is 9.94. The van der Waals surface area contributed by atoms with Crippen LogP contribution in [0.4, 0.5) is 0 Å². The molecule has 0 saturated carbocycles. The van der Waals surface area contributed by atoms with Gasteiger partial charge in [0, 0.05) is 17.3 Å². The molecular formula is C27H24N6O2. The van der Waals surface area contributed by atoms with Crippen LogP contribution in [0.25, 0.3) is 28.2 Å². The summed E-state index contributed by atoms with van der Waals surface area (Å²) in [7, 11) is 0. The van der Waals surface area contributed by atoms with Crippen LogP contribution in [0, 0.1) is 0 Å².